The average molecular weight is 515 g/mol. The van der Waals surface area contributed by atoms with E-state index in [1.165, 1.54) is 6.42 Å². The first-order valence-corrected chi connectivity index (χ1v) is 15.0. The zero-order valence-electron chi connectivity index (χ0n) is 21.8. The molecule has 0 aliphatic carbocycles. The maximum atomic E-state index is 12.4. The fourth-order valence-corrected chi connectivity index (χ4v) is 5.89. The molecule has 2 atom stereocenters. The topological polar surface area (TPSA) is 75.7 Å². The van der Waals surface area contributed by atoms with Gasteiger partial charge < -0.3 is 14.4 Å². The number of nitrogens with zero attached hydrogens (tertiary/aromatic N) is 1. The molecule has 1 N–H and O–H groups in total. The van der Waals surface area contributed by atoms with E-state index in [-0.39, 0.29) is 5.75 Å². The monoisotopic (exact) mass is 514 g/mol. The standard InChI is InChI=1S/C29H42N2O4S/c1-3-27(14-9-11-21-31-20-10-5-8-15-29(31)32)30-24(2)22-25-16-18-28(19-17-25)35-36(33,34)23-26-12-6-4-7-13-26/h4,6-7,12-13,16-19,24,27,30H,3,5,8-11,14-15,20-23H2,1-2H3. The number of benzene rings is 2. The Bertz CT molecular complexity index is 1020. The molecule has 2 aromatic carbocycles. The summed E-state index contributed by atoms with van der Waals surface area (Å²) < 4.78 is 30.0. The van der Waals surface area contributed by atoms with Crippen molar-refractivity contribution in [3.05, 3.63) is 65.7 Å². The molecule has 1 heterocycles. The molecule has 1 amide bonds. The van der Waals surface area contributed by atoms with Crippen LogP contribution in [0.15, 0.2) is 54.6 Å². The summed E-state index contributed by atoms with van der Waals surface area (Å²) in [7, 11) is -3.70. The Morgan fingerprint density at radius 3 is 2.44 bits per heavy atom. The molecular weight excluding hydrogens is 472 g/mol. The Labute approximate surface area is 217 Å². The van der Waals surface area contributed by atoms with Crippen LogP contribution in [-0.2, 0) is 27.1 Å². The minimum Gasteiger partial charge on any atom is -0.382 e. The highest BCUT2D eigenvalue weighted by Gasteiger charge is 2.17. The van der Waals surface area contributed by atoms with Crippen molar-refractivity contribution in [2.24, 2.45) is 0 Å². The van der Waals surface area contributed by atoms with Crippen LogP contribution in [0.25, 0.3) is 0 Å². The SMILES string of the molecule is CCC(CCCCN1CCCCCC1=O)NC(C)Cc1ccc(OS(=O)(=O)Cc2ccccc2)cc1. The Balaban J connectivity index is 1.39. The van der Waals surface area contributed by atoms with Gasteiger partial charge in [-0.15, -0.1) is 0 Å². The lowest BCUT2D eigenvalue weighted by Gasteiger charge is -2.24. The van der Waals surface area contributed by atoms with Gasteiger partial charge >= 0.3 is 10.1 Å². The normalized spacial score (nSPS) is 16.4. The molecule has 1 saturated heterocycles. The Morgan fingerprint density at radius 2 is 1.72 bits per heavy atom. The molecule has 198 valence electrons. The Kier molecular flexibility index (Phi) is 11.3. The quantitative estimate of drug-likeness (QED) is 0.267. The van der Waals surface area contributed by atoms with Gasteiger partial charge in [0.25, 0.3) is 0 Å². The smallest absolute Gasteiger partial charge is 0.313 e. The van der Waals surface area contributed by atoms with Crippen LogP contribution in [0.4, 0.5) is 0 Å². The van der Waals surface area contributed by atoms with Gasteiger partial charge in [0.05, 0.1) is 0 Å². The Hall–Kier alpha value is -2.38. The van der Waals surface area contributed by atoms with E-state index in [1.807, 2.05) is 30.3 Å². The third-order valence-electron chi connectivity index (χ3n) is 6.79. The van der Waals surface area contributed by atoms with E-state index in [0.29, 0.717) is 35.7 Å². The van der Waals surface area contributed by atoms with E-state index in [0.717, 1.165) is 63.6 Å². The first-order chi connectivity index (χ1) is 17.3. The second-order valence-corrected chi connectivity index (χ2v) is 11.5. The van der Waals surface area contributed by atoms with Gasteiger partial charge in [0.15, 0.2) is 0 Å². The molecule has 0 radical (unpaired) electrons. The fraction of sp³-hybridized carbons (Fsp3) is 0.552. The number of hydrogen-bond acceptors (Lipinski definition) is 5. The molecule has 1 aliphatic rings. The van der Waals surface area contributed by atoms with Crippen LogP contribution in [0.5, 0.6) is 5.75 Å². The maximum Gasteiger partial charge on any atom is 0.313 e. The van der Waals surface area contributed by atoms with Crippen LogP contribution in [0, 0.1) is 0 Å². The molecule has 7 heteroatoms. The molecule has 3 rings (SSSR count). The zero-order valence-corrected chi connectivity index (χ0v) is 22.6. The van der Waals surface area contributed by atoms with Crippen molar-refractivity contribution in [2.75, 3.05) is 13.1 Å². The predicted octanol–water partition coefficient (Wildman–Crippen LogP) is 5.47. The van der Waals surface area contributed by atoms with Crippen molar-refractivity contribution in [2.45, 2.75) is 89.5 Å². The highest BCUT2D eigenvalue weighted by Crippen LogP contribution is 2.18. The maximum absolute atomic E-state index is 12.4. The van der Waals surface area contributed by atoms with Crippen molar-refractivity contribution in [3.63, 3.8) is 0 Å². The largest absolute Gasteiger partial charge is 0.382 e. The average Bonchev–Trinajstić information content (AvgIpc) is 3.06. The van der Waals surface area contributed by atoms with Gasteiger partial charge in [-0.25, -0.2) is 0 Å². The number of carbonyl (C=O) groups is 1. The third-order valence-corrected chi connectivity index (χ3v) is 7.92. The van der Waals surface area contributed by atoms with E-state index in [1.54, 1.807) is 24.3 Å². The first-order valence-electron chi connectivity index (χ1n) is 13.4. The summed E-state index contributed by atoms with van der Waals surface area (Å²) in [5, 5.41) is 3.74. The summed E-state index contributed by atoms with van der Waals surface area (Å²) in [6, 6.07) is 17.1. The van der Waals surface area contributed by atoms with Gasteiger partial charge in [-0.1, -0.05) is 62.2 Å². The van der Waals surface area contributed by atoms with Crippen LogP contribution in [-0.4, -0.2) is 44.4 Å². The summed E-state index contributed by atoms with van der Waals surface area (Å²) in [4.78, 5) is 14.2. The van der Waals surface area contributed by atoms with Crippen LogP contribution < -0.4 is 9.50 Å². The first kappa shape index (κ1) is 28.2. The van der Waals surface area contributed by atoms with Crippen molar-refractivity contribution in [1.82, 2.24) is 10.2 Å². The van der Waals surface area contributed by atoms with E-state index >= 15 is 0 Å². The molecule has 1 aliphatic heterocycles. The highest BCUT2D eigenvalue weighted by atomic mass is 32.2. The predicted molar refractivity (Wildman–Crippen MR) is 145 cm³/mol. The van der Waals surface area contributed by atoms with Crippen molar-refractivity contribution in [3.8, 4) is 5.75 Å². The number of amides is 1. The van der Waals surface area contributed by atoms with Crippen molar-refractivity contribution >= 4 is 16.0 Å². The summed E-state index contributed by atoms with van der Waals surface area (Å²) >= 11 is 0. The van der Waals surface area contributed by atoms with Crippen LogP contribution >= 0.6 is 0 Å². The van der Waals surface area contributed by atoms with Gasteiger partial charge in [-0.3, -0.25) is 4.79 Å². The fourth-order valence-electron chi connectivity index (χ4n) is 4.82. The number of hydrogen-bond donors (Lipinski definition) is 1. The molecule has 6 nitrogen and oxygen atoms in total. The van der Waals surface area contributed by atoms with Gasteiger partial charge in [0.2, 0.25) is 5.91 Å². The second-order valence-electron chi connectivity index (χ2n) is 9.98. The molecular formula is C29H42N2O4S. The molecule has 0 saturated carbocycles. The number of likely N-dealkylation sites (tertiary alicyclic amines) is 1. The summed E-state index contributed by atoms with van der Waals surface area (Å²) in [6.07, 6.45) is 9.28. The second kappa shape index (κ2) is 14.4. The number of rotatable bonds is 14. The lowest BCUT2D eigenvalue weighted by atomic mass is 10.0. The molecule has 2 aromatic rings. The molecule has 0 spiro atoms. The minimum absolute atomic E-state index is 0.150. The van der Waals surface area contributed by atoms with Gasteiger partial charge in [0.1, 0.15) is 11.5 Å². The summed E-state index contributed by atoms with van der Waals surface area (Å²) in [5.41, 5.74) is 1.84. The lowest BCUT2D eigenvalue weighted by molar-refractivity contribution is -0.130. The molecule has 2 unspecified atom stereocenters. The van der Waals surface area contributed by atoms with Crippen molar-refractivity contribution < 1.29 is 17.4 Å². The van der Waals surface area contributed by atoms with Gasteiger partial charge in [-0.05, 0) is 68.7 Å². The van der Waals surface area contributed by atoms with Crippen LogP contribution in [0.2, 0.25) is 0 Å². The number of unbranched alkanes of at least 4 members (excludes halogenated alkanes) is 1. The van der Waals surface area contributed by atoms with E-state index in [4.69, 9.17) is 4.18 Å². The van der Waals surface area contributed by atoms with Crippen molar-refractivity contribution in [1.29, 1.82) is 0 Å². The molecule has 0 aromatic heterocycles. The van der Waals surface area contributed by atoms with Crippen LogP contribution in [0.3, 0.4) is 0 Å². The minimum atomic E-state index is -3.70. The van der Waals surface area contributed by atoms with E-state index in [9.17, 15) is 13.2 Å². The summed E-state index contributed by atoms with van der Waals surface area (Å²) in [5.74, 6) is 0.518. The lowest BCUT2D eigenvalue weighted by Crippen LogP contribution is -2.37. The van der Waals surface area contributed by atoms with Gasteiger partial charge in [-0.2, -0.15) is 8.42 Å². The number of carbonyl (C=O) groups excluding carboxylic acids is 1. The molecule has 1 fully saturated rings. The van der Waals surface area contributed by atoms with Crippen LogP contribution in [0.1, 0.15) is 76.3 Å². The Morgan fingerprint density at radius 1 is 0.972 bits per heavy atom. The van der Waals surface area contributed by atoms with Gasteiger partial charge in [0, 0.05) is 31.6 Å². The third kappa shape index (κ3) is 9.94. The molecule has 36 heavy (non-hydrogen) atoms. The van der Waals surface area contributed by atoms with E-state index in [2.05, 4.69) is 24.1 Å². The highest BCUT2D eigenvalue weighted by molar-refractivity contribution is 7.86. The zero-order chi connectivity index (χ0) is 25.8. The van der Waals surface area contributed by atoms with E-state index < -0.39 is 10.1 Å². The molecule has 0 bridgehead atoms. The summed E-state index contributed by atoms with van der Waals surface area (Å²) in [6.45, 7) is 6.21. The number of nitrogens with one attached hydrogen (secondary N) is 1.